The number of carbonyl (C=O) groups excluding carboxylic acids is 3. The summed E-state index contributed by atoms with van der Waals surface area (Å²) in [6.07, 6.45) is 14.7. The first-order chi connectivity index (χ1) is 25.3. The van der Waals surface area contributed by atoms with E-state index in [1.165, 1.54) is 16.2 Å². The number of carboxylic acid groups (broad SMARTS) is 1. The molecule has 1 aromatic carbocycles. The number of rotatable bonds is 7. The van der Waals surface area contributed by atoms with Crippen LogP contribution in [0.4, 0.5) is 4.79 Å². The van der Waals surface area contributed by atoms with Crippen molar-refractivity contribution in [2.24, 2.45) is 5.92 Å². The molecule has 2 aliphatic carbocycles. The van der Waals surface area contributed by atoms with Gasteiger partial charge in [-0.1, -0.05) is 44.3 Å². The molecule has 2 aromatic heterocycles. The van der Waals surface area contributed by atoms with Crippen molar-refractivity contribution in [1.82, 2.24) is 40.8 Å². The van der Waals surface area contributed by atoms with E-state index in [-0.39, 0.29) is 43.3 Å². The highest BCUT2D eigenvalue weighted by molar-refractivity contribution is 7.13. The Morgan fingerprint density at radius 3 is 2.48 bits per heavy atom. The van der Waals surface area contributed by atoms with E-state index in [1.807, 2.05) is 41.8 Å². The standard InChI is InChI=1S/C37H46N8O6S/c1-51-27-16-14-23(15-17-27)30-31(33-38-18-19-52-33)43-45(42-30)26-20-29-32(46)41-37(35(48)49)21-24(37)10-6-3-2-4-9-13-28(34(47)44(29)22-26)40-36(50)39-25-11-7-5-8-12-25/h6,10,14-19,24-26,28-29H,2-5,7-9,11-13,20-22H2,1H3,(H,41,46)(H,48,49)(H2,39,40,50)/t24-,26-,28+,29+,37-/m1/s1. The Labute approximate surface area is 306 Å². The summed E-state index contributed by atoms with van der Waals surface area (Å²) in [7, 11) is 1.60. The molecule has 0 radical (unpaired) electrons. The molecule has 3 fully saturated rings. The summed E-state index contributed by atoms with van der Waals surface area (Å²) in [5.74, 6) is -1.66. The van der Waals surface area contributed by atoms with Gasteiger partial charge in [0.25, 0.3) is 0 Å². The van der Waals surface area contributed by atoms with Crippen LogP contribution in [0.5, 0.6) is 5.75 Å². The molecule has 2 saturated carbocycles. The molecule has 0 unspecified atom stereocenters. The van der Waals surface area contributed by atoms with Gasteiger partial charge in [0.05, 0.1) is 13.2 Å². The van der Waals surface area contributed by atoms with Crippen molar-refractivity contribution >= 4 is 35.2 Å². The summed E-state index contributed by atoms with van der Waals surface area (Å²) in [6, 6.07) is 4.73. The van der Waals surface area contributed by atoms with Gasteiger partial charge in [-0.15, -0.1) is 16.4 Å². The predicted octanol–water partition coefficient (Wildman–Crippen LogP) is 4.70. The predicted molar refractivity (Wildman–Crippen MR) is 193 cm³/mol. The lowest BCUT2D eigenvalue weighted by Gasteiger charge is -2.30. The number of allylic oxidation sites excluding steroid dienone is 1. The number of benzene rings is 1. The second-order valence-electron chi connectivity index (χ2n) is 14.3. The number of nitrogens with zero attached hydrogens (tertiary/aromatic N) is 5. The van der Waals surface area contributed by atoms with Crippen LogP contribution >= 0.6 is 11.3 Å². The SMILES string of the molecule is COc1ccc(-c2nn([C@@H]3C[C@H]4C(=O)N[C@]5(C(=O)O)C[C@H]5C=CCCCCC[C@H](NC(=O)NC5CCCCC5)C(=O)N4C3)nc2-c2nccs2)cc1. The number of amides is 4. The Bertz CT molecular complexity index is 1790. The van der Waals surface area contributed by atoms with E-state index < -0.39 is 35.5 Å². The molecule has 4 amide bonds. The minimum atomic E-state index is -1.43. The number of nitrogens with one attached hydrogen (secondary N) is 3. The van der Waals surface area contributed by atoms with Crippen molar-refractivity contribution in [2.45, 2.75) is 107 Å². The number of aliphatic carboxylic acids is 1. The van der Waals surface area contributed by atoms with Gasteiger partial charge < -0.3 is 30.7 Å². The van der Waals surface area contributed by atoms with Crippen LogP contribution in [0.1, 0.15) is 83.1 Å². The summed E-state index contributed by atoms with van der Waals surface area (Å²) >= 11 is 1.43. The lowest BCUT2D eigenvalue weighted by molar-refractivity contribution is -0.145. The van der Waals surface area contributed by atoms with Crippen molar-refractivity contribution in [2.75, 3.05) is 13.7 Å². The first kappa shape index (κ1) is 35.6. The summed E-state index contributed by atoms with van der Waals surface area (Å²) in [6.45, 7) is 0.0940. The van der Waals surface area contributed by atoms with E-state index in [2.05, 4.69) is 20.9 Å². The Kier molecular flexibility index (Phi) is 10.6. The van der Waals surface area contributed by atoms with E-state index >= 15 is 0 Å². The van der Waals surface area contributed by atoms with Crippen LogP contribution in [0.15, 0.2) is 48.0 Å². The molecular formula is C37H46N8O6S. The summed E-state index contributed by atoms with van der Waals surface area (Å²) < 4.78 is 5.35. The summed E-state index contributed by atoms with van der Waals surface area (Å²) in [5.41, 5.74) is 0.524. The van der Waals surface area contributed by atoms with E-state index in [4.69, 9.17) is 14.9 Å². The zero-order valence-corrected chi connectivity index (χ0v) is 30.1. The molecule has 2 aliphatic heterocycles. The molecule has 4 aliphatic rings. The van der Waals surface area contributed by atoms with Crippen molar-refractivity contribution in [3.05, 3.63) is 48.0 Å². The molecule has 4 heterocycles. The van der Waals surface area contributed by atoms with Gasteiger partial charge in [0.15, 0.2) is 0 Å². The molecule has 0 spiro atoms. The third kappa shape index (κ3) is 7.55. The van der Waals surface area contributed by atoms with Crippen molar-refractivity contribution in [3.63, 3.8) is 0 Å². The number of carboxylic acids is 1. The molecule has 3 aromatic rings. The molecule has 14 nitrogen and oxygen atoms in total. The van der Waals surface area contributed by atoms with Crippen LogP contribution in [0.2, 0.25) is 0 Å². The number of thiazole rings is 1. The quantitative estimate of drug-likeness (QED) is 0.251. The molecule has 276 valence electrons. The van der Waals surface area contributed by atoms with Crippen molar-refractivity contribution in [3.8, 4) is 27.7 Å². The maximum atomic E-state index is 14.6. The first-order valence-electron chi connectivity index (χ1n) is 18.4. The lowest BCUT2D eigenvalue weighted by atomic mass is 9.96. The van der Waals surface area contributed by atoms with Gasteiger partial charge in [-0.3, -0.25) is 9.59 Å². The van der Waals surface area contributed by atoms with Crippen LogP contribution in [-0.4, -0.2) is 91.1 Å². The van der Waals surface area contributed by atoms with E-state index in [9.17, 15) is 24.3 Å². The number of urea groups is 1. The number of ether oxygens (including phenoxy) is 1. The lowest BCUT2D eigenvalue weighted by Crippen LogP contribution is -2.57. The normalized spacial score (nSPS) is 27.1. The Morgan fingerprint density at radius 2 is 1.75 bits per heavy atom. The molecular weight excluding hydrogens is 685 g/mol. The maximum absolute atomic E-state index is 14.6. The zero-order chi connectivity index (χ0) is 36.2. The number of aromatic nitrogens is 4. The largest absolute Gasteiger partial charge is 0.497 e. The Morgan fingerprint density at radius 1 is 1.00 bits per heavy atom. The number of carbonyl (C=O) groups is 4. The monoisotopic (exact) mass is 730 g/mol. The van der Waals surface area contributed by atoms with Gasteiger partial charge in [0, 0.05) is 42.1 Å². The van der Waals surface area contributed by atoms with Crippen molar-refractivity contribution in [1.29, 1.82) is 0 Å². The average molecular weight is 731 g/mol. The van der Waals surface area contributed by atoms with E-state index in [0.717, 1.165) is 56.9 Å². The number of hydrogen-bond acceptors (Lipinski definition) is 9. The van der Waals surface area contributed by atoms with Gasteiger partial charge in [-0.05, 0) is 62.8 Å². The van der Waals surface area contributed by atoms with Crippen LogP contribution < -0.4 is 20.7 Å². The first-order valence-corrected chi connectivity index (χ1v) is 19.2. The fourth-order valence-corrected chi connectivity index (χ4v) is 8.41. The second kappa shape index (κ2) is 15.4. The molecule has 52 heavy (non-hydrogen) atoms. The maximum Gasteiger partial charge on any atom is 0.330 e. The molecule has 15 heteroatoms. The second-order valence-corrected chi connectivity index (χ2v) is 15.2. The highest BCUT2D eigenvalue weighted by atomic mass is 32.1. The summed E-state index contributed by atoms with van der Waals surface area (Å²) in [4.78, 5) is 62.1. The minimum Gasteiger partial charge on any atom is -0.497 e. The van der Waals surface area contributed by atoms with Crippen molar-refractivity contribution < 1.29 is 29.0 Å². The minimum absolute atomic E-state index is 0.0594. The van der Waals surface area contributed by atoms with Gasteiger partial charge >= 0.3 is 12.0 Å². The Hall–Kier alpha value is -4.79. The third-order valence-electron chi connectivity index (χ3n) is 10.8. The van der Waals surface area contributed by atoms with E-state index in [1.54, 1.807) is 18.1 Å². The highest BCUT2D eigenvalue weighted by Gasteiger charge is 2.61. The topological polar surface area (TPSA) is 181 Å². The molecule has 4 N–H and O–H groups in total. The Balaban J connectivity index is 1.20. The van der Waals surface area contributed by atoms with Gasteiger partial charge in [-0.25, -0.2) is 14.6 Å². The number of hydrogen-bond donors (Lipinski definition) is 4. The smallest absolute Gasteiger partial charge is 0.330 e. The molecule has 0 bridgehead atoms. The van der Waals surface area contributed by atoms with Crippen LogP contribution in [-0.2, 0) is 14.4 Å². The molecule has 7 rings (SSSR count). The fourth-order valence-electron chi connectivity index (χ4n) is 7.79. The fraction of sp³-hybridized carbons (Fsp3) is 0.541. The van der Waals surface area contributed by atoms with Crippen LogP contribution in [0.3, 0.4) is 0 Å². The van der Waals surface area contributed by atoms with Crippen LogP contribution in [0, 0.1) is 5.92 Å². The number of fused-ring (bicyclic) bond motifs is 2. The van der Waals surface area contributed by atoms with Gasteiger partial charge in [0.1, 0.15) is 39.8 Å². The third-order valence-corrected chi connectivity index (χ3v) is 11.6. The number of methoxy groups -OCH3 is 1. The molecule has 5 atom stereocenters. The summed E-state index contributed by atoms with van der Waals surface area (Å²) in [5, 5.41) is 31.4. The zero-order valence-electron chi connectivity index (χ0n) is 29.3. The van der Waals surface area contributed by atoms with Gasteiger partial charge in [-0.2, -0.15) is 9.90 Å². The van der Waals surface area contributed by atoms with Gasteiger partial charge in [0.2, 0.25) is 11.8 Å². The molecule has 1 saturated heterocycles. The van der Waals surface area contributed by atoms with E-state index in [0.29, 0.717) is 35.0 Å². The highest BCUT2D eigenvalue weighted by Crippen LogP contribution is 2.46. The van der Waals surface area contributed by atoms with Crippen LogP contribution in [0.25, 0.3) is 22.0 Å². The average Bonchev–Trinajstić information content (AvgIpc) is 3.60.